The summed E-state index contributed by atoms with van der Waals surface area (Å²) in [5.41, 5.74) is 0.0687. The van der Waals surface area contributed by atoms with Gasteiger partial charge in [-0.05, 0) is 32.5 Å². The number of likely N-dealkylation sites (N-methyl/N-ethyl adjacent to an activating group) is 1. The molecule has 112 valence electrons. The molecule has 0 fully saturated rings. The quantitative estimate of drug-likeness (QED) is 0.822. The molecule has 0 bridgehead atoms. The van der Waals surface area contributed by atoms with E-state index in [4.69, 9.17) is 11.6 Å². The van der Waals surface area contributed by atoms with E-state index in [1.807, 2.05) is 19.0 Å². The Labute approximate surface area is 124 Å². The summed E-state index contributed by atoms with van der Waals surface area (Å²) in [6.07, 6.45) is 1.83. The first-order valence-electron chi connectivity index (χ1n) is 6.56. The lowest BCUT2D eigenvalue weighted by Crippen LogP contribution is -2.42. The molecule has 6 heteroatoms. The van der Waals surface area contributed by atoms with Crippen molar-refractivity contribution in [2.45, 2.75) is 26.3 Å². The van der Waals surface area contributed by atoms with E-state index in [1.165, 1.54) is 0 Å². The summed E-state index contributed by atoms with van der Waals surface area (Å²) in [5.74, 6) is -0.525. The van der Waals surface area contributed by atoms with Crippen LogP contribution in [0.1, 0.15) is 30.6 Å². The van der Waals surface area contributed by atoms with Crippen molar-refractivity contribution < 1.29 is 9.18 Å². The highest BCUT2D eigenvalue weighted by Gasteiger charge is 2.19. The van der Waals surface area contributed by atoms with Gasteiger partial charge >= 0.3 is 0 Å². The zero-order valence-electron chi connectivity index (χ0n) is 12.3. The highest BCUT2D eigenvalue weighted by molar-refractivity contribution is 6.32. The van der Waals surface area contributed by atoms with Gasteiger partial charge in [0, 0.05) is 12.6 Å². The monoisotopic (exact) mass is 301 g/mol. The van der Waals surface area contributed by atoms with Gasteiger partial charge in [-0.1, -0.05) is 25.4 Å². The Morgan fingerprint density at radius 1 is 1.50 bits per heavy atom. The van der Waals surface area contributed by atoms with Crippen LogP contribution < -0.4 is 5.32 Å². The Hall–Kier alpha value is -1.20. The summed E-state index contributed by atoms with van der Waals surface area (Å²) < 4.78 is 13.2. The van der Waals surface area contributed by atoms with Crippen LogP contribution in [-0.2, 0) is 0 Å². The molecule has 1 atom stereocenters. The number of aromatic nitrogens is 1. The van der Waals surface area contributed by atoms with Gasteiger partial charge in [-0.3, -0.25) is 4.79 Å². The average Bonchev–Trinajstić information content (AvgIpc) is 2.30. The largest absolute Gasteiger partial charge is 0.348 e. The van der Waals surface area contributed by atoms with Crippen molar-refractivity contribution in [2.24, 2.45) is 5.92 Å². The van der Waals surface area contributed by atoms with Crippen LogP contribution in [0.15, 0.2) is 12.3 Å². The van der Waals surface area contributed by atoms with Crippen LogP contribution in [0.4, 0.5) is 4.39 Å². The van der Waals surface area contributed by atoms with E-state index in [2.05, 4.69) is 24.1 Å². The van der Waals surface area contributed by atoms with Crippen molar-refractivity contribution in [1.82, 2.24) is 15.2 Å². The predicted molar refractivity (Wildman–Crippen MR) is 78.5 cm³/mol. The first-order valence-corrected chi connectivity index (χ1v) is 6.94. The minimum atomic E-state index is -0.576. The van der Waals surface area contributed by atoms with Crippen LogP contribution in [0.25, 0.3) is 0 Å². The van der Waals surface area contributed by atoms with Crippen LogP contribution in [0.5, 0.6) is 0 Å². The molecule has 0 aliphatic rings. The number of nitrogens with zero attached hydrogens (tertiary/aromatic N) is 2. The molecule has 1 N–H and O–H groups in total. The number of nitrogens with one attached hydrogen (secondary N) is 1. The second-order valence-electron chi connectivity index (χ2n) is 5.55. The van der Waals surface area contributed by atoms with Crippen molar-refractivity contribution in [3.05, 3.63) is 28.8 Å². The van der Waals surface area contributed by atoms with E-state index >= 15 is 0 Å². The summed E-state index contributed by atoms with van der Waals surface area (Å²) in [6.45, 7) is 4.89. The maximum atomic E-state index is 13.2. The Morgan fingerprint density at radius 3 is 2.70 bits per heavy atom. The highest BCUT2D eigenvalue weighted by Crippen LogP contribution is 2.14. The molecule has 0 aromatic carbocycles. The lowest BCUT2D eigenvalue weighted by Gasteiger charge is -2.24. The number of hydrogen-bond donors (Lipinski definition) is 1. The molecule has 0 aliphatic carbocycles. The van der Waals surface area contributed by atoms with E-state index in [0.717, 1.165) is 18.7 Å². The lowest BCUT2D eigenvalue weighted by molar-refractivity contribution is 0.0924. The van der Waals surface area contributed by atoms with E-state index in [-0.39, 0.29) is 16.8 Å². The van der Waals surface area contributed by atoms with Crippen molar-refractivity contribution in [3.8, 4) is 0 Å². The third-order valence-corrected chi connectivity index (χ3v) is 3.03. The van der Waals surface area contributed by atoms with Crippen molar-refractivity contribution in [3.63, 3.8) is 0 Å². The number of rotatable bonds is 6. The van der Waals surface area contributed by atoms with Gasteiger partial charge in [0.15, 0.2) is 0 Å². The fourth-order valence-corrected chi connectivity index (χ4v) is 2.22. The van der Waals surface area contributed by atoms with Crippen molar-refractivity contribution in [1.29, 1.82) is 0 Å². The van der Waals surface area contributed by atoms with Crippen LogP contribution in [0.3, 0.4) is 0 Å². The average molecular weight is 302 g/mol. The number of amides is 1. The molecular formula is C14H21ClFN3O. The summed E-state index contributed by atoms with van der Waals surface area (Å²) in [5, 5.41) is 2.90. The first-order chi connectivity index (χ1) is 9.29. The number of pyridine rings is 1. The van der Waals surface area contributed by atoms with Gasteiger partial charge in [0.25, 0.3) is 5.91 Å². The molecule has 1 heterocycles. The molecule has 4 nitrogen and oxygen atoms in total. The molecule has 0 saturated carbocycles. The molecule has 0 spiro atoms. The van der Waals surface area contributed by atoms with E-state index < -0.39 is 11.7 Å². The predicted octanol–water partition coefficient (Wildman–Crippen LogP) is 2.58. The molecule has 1 unspecified atom stereocenters. The maximum Gasteiger partial charge on any atom is 0.254 e. The van der Waals surface area contributed by atoms with Crippen LogP contribution >= 0.6 is 11.6 Å². The van der Waals surface area contributed by atoms with Gasteiger partial charge in [-0.25, -0.2) is 9.37 Å². The van der Waals surface area contributed by atoms with Gasteiger partial charge in [-0.15, -0.1) is 0 Å². The van der Waals surface area contributed by atoms with Gasteiger partial charge in [0.2, 0.25) is 0 Å². The molecule has 0 saturated heterocycles. The van der Waals surface area contributed by atoms with E-state index in [9.17, 15) is 9.18 Å². The summed E-state index contributed by atoms with van der Waals surface area (Å²) in [6, 6.07) is 1.09. The number of halogens is 2. The van der Waals surface area contributed by atoms with Crippen LogP contribution in [0, 0.1) is 11.7 Å². The smallest absolute Gasteiger partial charge is 0.254 e. The minimum Gasteiger partial charge on any atom is -0.348 e. The number of hydrogen-bond acceptors (Lipinski definition) is 3. The third kappa shape index (κ3) is 5.43. The maximum absolute atomic E-state index is 13.2. The molecule has 1 rings (SSSR count). The number of carbonyl (C=O) groups is 1. The van der Waals surface area contributed by atoms with Gasteiger partial charge < -0.3 is 10.2 Å². The Kier molecular flexibility index (Phi) is 6.36. The number of carbonyl (C=O) groups excluding carboxylic acids is 1. The molecule has 0 radical (unpaired) electrons. The van der Waals surface area contributed by atoms with Crippen LogP contribution in [0.2, 0.25) is 5.15 Å². The van der Waals surface area contributed by atoms with Crippen molar-refractivity contribution >= 4 is 17.5 Å². The topological polar surface area (TPSA) is 45.2 Å². The molecular weight excluding hydrogens is 281 g/mol. The minimum absolute atomic E-state index is 0.0112. The normalized spacial score (nSPS) is 12.8. The zero-order valence-corrected chi connectivity index (χ0v) is 13.0. The lowest BCUT2D eigenvalue weighted by atomic mass is 10.0. The standard InChI is InChI=1S/C14H21ClFN3O/c1-9(2)5-11(8-19(3)4)18-14(20)12-6-10(16)7-17-13(12)15/h6-7,9,11H,5,8H2,1-4H3,(H,18,20). The molecule has 0 aliphatic heterocycles. The molecule has 1 amide bonds. The highest BCUT2D eigenvalue weighted by atomic mass is 35.5. The fraction of sp³-hybridized carbons (Fsp3) is 0.571. The Morgan fingerprint density at radius 2 is 2.15 bits per heavy atom. The van der Waals surface area contributed by atoms with E-state index in [0.29, 0.717) is 12.5 Å². The second kappa shape index (κ2) is 7.55. The molecule has 1 aromatic rings. The summed E-state index contributed by atoms with van der Waals surface area (Å²) >= 11 is 5.84. The zero-order chi connectivity index (χ0) is 15.3. The molecule has 1 aromatic heterocycles. The van der Waals surface area contributed by atoms with Crippen LogP contribution in [-0.4, -0.2) is 42.5 Å². The Bertz CT molecular complexity index is 456. The van der Waals surface area contributed by atoms with Gasteiger partial charge in [-0.2, -0.15) is 0 Å². The van der Waals surface area contributed by atoms with Crippen molar-refractivity contribution in [2.75, 3.05) is 20.6 Å². The third-order valence-electron chi connectivity index (χ3n) is 2.73. The Balaban J connectivity index is 2.81. The molecule has 20 heavy (non-hydrogen) atoms. The second-order valence-corrected chi connectivity index (χ2v) is 5.91. The SMILES string of the molecule is CC(C)CC(CN(C)C)NC(=O)c1cc(F)cnc1Cl. The summed E-state index contributed by atoms with van der Waals surface area (Å²) in [7, 11) is 3.88. The first kappa shape index (κ1) is 16.9. The van der Waals surface area contributed by atoms with Gasteiger partial charge in [0.1, 0.15) is 11.0 Å². The van der Waals surface area contributed by atoms with E-state index in [1.54, 1.807) is 0 Å². The van der Waals surface area contributed by atoms with Gasteiger partial charge in [0.05, 0.1) is 11.8 Å². The summed E-state index contributed by atoms with van der Waals surface area (Å²) in [4.78, 5) is 17.8. The fourth-order valence-electron chi connectivity index (χ4n) is 2.03.